The molecule has 0 bridgehead atoms. The molecule has 3 aromatic rings. The average Bonchev–Trinajstić information content (AvgIpc) is 3.08. The Labute approximate surface area is 158 Å². The largest absolute Gasteiger partial charge is 0.478 e. The van der Waals surface area contributed by atoms with E-state index in [0.717, 1.165) is 29.2 Å². The Kier molecular flexibility index (Phi) is 5.68. The van der Waals surface area contributed by atoms with Crippen molar-refractivity contribution in [2.45, 2.75) is 33.2 Å². The number of hydrogen-bond acceptors (Lipinski definition) is 3. The van der Waals surface area contributed by atoms with Crippen LogP contribution in [0.4, 0.5) is 0 Å². The van der Waals surface area contributed by atoms with Crippen LogP contribution in [-0.4, -0.2) is 25.8 Å². The van der Waals surface area contributed by atoms with Crippen molar-refractivity contribution in [2.75, 3.05) is 0 Å². The van der Waals surface area contributed by atoms with Crippen LogP contribution in [0.3, 0.4) is 0 Å². The smallest absolute Gasteiger partial charge is 0.336 e. The molecule has 27 heavy (non-hydrogen) atoms. The third kappa shape index (κ3) is 4.24. The second-order valence-corrected chi connectivity index (χ2v) is 6.11. The van der Waals surface area contributed by atoms with Crippen LogP contribution in [0.15, 0.2) is 48.5 Å². The Morgan fingerprint density at radius 1 is 1.15 bits per heavy atom. The van der Waals surface area contributed by atoms with E-state index in [1.807, 2.05) is 54.9 Å². The maximum atomic E-state index is 11.4. The summed E-state index contributed by atoms with van der Waals surface area (Å²) in [6, 6.07) is 14.9. The molecule has 0 saturated carbocycles. The van der Waals surface area contributed by atoms with Gasteiger partial charge in [0.25, 0.3) is 0 Å². The van der Waals surface area contributed by atoms with Gasteiger partial charge in [-0.15, -0.1) is 5.92 Å². The molecule has 0 aliphatic rings. The lowest BCUT2D eigenvalue weighted by Gasteiger charge is -2.08. The molecule has 0 spiro atoms. The van der Waals surface area contributed by atoms with Gasteiger partial charge in [0.15, 0.2) is 5.82 Å². The van der Waals surface area contributed by atoms with E-state index in [-0.39, 0.29) is 0 Å². The molecule has 1 N–H and O–H groups in total. The van der Waals surface area contributed by atoms with E-state index in [9.17, 15) is 9.90 Å². The van der Waals surface area contributed by atoms with Crippen molar-refractivity contribution in [3.05, 3.63) is 71.3 Å². The SMILES string of the molecule is CC#CCc1nc(CC)nn1Cc1ccc(-c2ccccc2C(=O)O)cc1. The van der Waals surface area contributed by atoms with Crippen molar-refractivity contribution < 1.29 is 9.90 Å². The zero-order chi connectivity index (χ0) is 19.2. The number of hydrogen-bond donors (Lipinski definition) is 1. The van der Waals surface area contributed by atoms with E-state index in [1.54, 1.807) is 12.1 Å². The topological polar surface area (TPSA) is 68.0 Å². The van der Waals surface area contributed by atoms with E-state index in [2.05, 4.69) is 21.9 Å². The zero-order valence-corrected chi connectivity index (χ0v) is 15.4. The molecule has 0 amide bonds. The van der Waals surface area contributed by atoms with Crippen LogP contribution < -0.4 is 0 Å². The van der Waals surface area contributed by atoms with E-state index < -0.39 is 5.97 Å². The molecule has 5 heteroatoms. The molecule has 5 nitrogen and oxygen atoms in total. The van der Waals surface area contributed by atoms with Crippen molar-refractivity contribution in [3.8, 4) is 23.0 Å². The standard InChI is InChI=1S/C22H21N3O2/c1-3-5-10-21-23-20(4-2)24-25(21)15-16-11-13-17(14-12-16)18-8-6-7-9-19(18)22(26)27/h6-9,11-14H,4,10,15H2,1-2H3,(H,26,27). The molecule has 0 unspecified atom stereocenters. The van der Waals surface area contributed by atoms with Crippen molar-refractivity contribution in [1.29, 1.82) is 0 Å². The highest BCUT2D eigenvalue weighted by Gasteiger charge is 2.12. The molecule has 2 aromatic carbocycles. The van der Waals surface area contributed by atoms with Crippen LogP contribution in [0.5, 0.6) is 0 Å². The van der Waals surface area contributed by atoms with Gasteiger partial charge in [0.1, 0.15) is 5.82 Å². The monoisotopic (exact) mass is 359 g/mol. The van der Waals surface area contributed by atoms with Gasteiger partial charge in [0, 0.05) is 6.42 Å². The quantitative estimate of drug-likeness (QED) is 0.680. The van der Waals surface area contributed by atoms with E-state index in [1.165, 1.54) is 0 Å². The van der Waals surface area contributed by atoms with Crippen molar-refractivity contribution in [2.24, 2.45) is 0 Å². The predicted octanol–water partition coefficient (Wildman–Crippen LogP) is 3.82. The van der Waals surface area contributed by atoms with Crippen LogP contribution in [0.2, 0.25) is 0 Å². The number of aromatic carboxylic acids is 1. The summed E-state index contributed by atoms with van der Waals surface area (Å²) in [6.07, 6.45) is 1.36. The third-order valence-corrected chi connectivity index (χ3v) is 4.29. The van der Waals surface area contributed by atoms with Crippen LogP contribution >= 0.6 is 0 Å². The summed E-state index contributed by atoms with van der Waals surface area (Å²) >= 11 is 0. The highest BCUT2D eigenvalue weighted by Crippen LogP contribution is 2.24. The van der Waals surface area contributed by atoms with Gasteiger partial charge in [-0.25, -0.2) is 14.5 Å². The first-order valence-corrected chi connectivity index (χ1v) is 8.86. The number of aromatic nitrogens is 3. The van der Waals surface area contributed by atoms with Gasteiger partial charge in [0.2, 0.25) is 0 Å². The van der Waals surface area contributed by atoms with Gasteiger partial charge in [-0.3, -0.25) is 0 Å². The Morgan fingerprint density at radius 2 is 1.89 bits per heavy atom. The minimum Gasteiger partial charge on any atom is -0.478 e. The van der Waals surface area contributed by atoms with Gasteiger partial charge < -0.3 is 5.11 Å². The zero-order valence-electron chi connectivity index (χ0n) is 15.4. The summed E-state index contributed by atoms with van der Waals surface area (Å²) in [5.74, 6) is 6.69. The Morgan fingerprint density at radius 3 is 2.56 bits per heavy atom. The summed E-state index contributed by atoms with van der Waals surface area (Å²) in [5.41, 5.74) is 2.96. The van der Waals surface area contributed by atoms with Crippen molar-refractivity contribution in [3.63, 3.8) is 0 Å². The van der Waals surface area contributed by atoms with E-state index in [0.29, 0.717) is 24.1 Å². The average molecular weight is 359 g/mol. The first-order chi connectivity index (χ1) is 13.1. The second kappa shape index (κ2) is 8.33. The lowest BCUT2D eigenvalue weighted by Crippen LogP contribution is -2.07. The molecule has 136 valence electrons. The van der Waals surface area contributed by atoms with Gasteiger partial charge in [0.05, 0.1) is 18.5 Å². The molecule has 0 saturated heterocycles. The number of rotatable bonds is 6. The van der Waals surface area contributed by atoms with E-state index in [4.69, 9.17) is 0 Å². The number of benzene rings is 2. The summed E-state index contributed by atoms with van der Waals surface area (Å²) in [4.78, 5) is 16.0. The number of carboxylic acids is 1. The highest BCUT2D eigenvalue weighted by atomic mass is 16.4. The summed E-state index contributed by atoms with van der Waals surface area (Å²) in [5, 5.41) is 13.9. The van der Waals surface area contributed by atoms with Gasteiger partial charge in [-0.1, -0.05) is 55.3 Å². The van der Waals surface area contributed by atoms with Crippen molar-refractivity contribution in [1.82, 2.24) is 14.8 Å². The first-order valence-electron chi connectivity index (χ1n) is 8.86. The lowest BCUT2D eigenvalue weighted by atomic mass is 9.99. The fourth-order valence-corrected chi connectivity index (χ4v) is 2.88. The van der Waals surface area contributed by atoms with Crippen LogP contribution in [0, 0.1) is 11.8 Å². The van der Waals surface area contributed by atoms with Gasteiger partial charge in [-0.05, 0) is 29.7 Å². The Bertz CT molecular complexity index is 1010. The lowest BCUT2D eigenvalue weighted by molar-refractivity contribution is 0.0697. The molecule has 0 fully saturated rings. The first kappa shape index (κ1) is 18.4. The fraction of sp³-hybridized carbons (Fsp3) is 0.227. The molecule has 0 aliphatic carbocycles. The number of carbonyl (C=O) groups is 1. The van der Waals surface area contributed by atoms with Gasteiger partial charge >= 0.3 is 5.97 Å². The molecule has 0 radical (unpaired) electrons. The fourth-order valence-electron chi connectivity index (χ4n) is 2.88. The highest BCUT2D eigenvalue weighted by molar-refractivity contribution is 5.95. The van der Waals surface area contributed by atoms with Crippen LogP contribution in [-0.2, 0) is 19.4 Å². The summed E-state index contributed by atoms with van der Waals surface area (Å²) in [6.45, 7) is 4.45. The number of nitrogens with zero attached hydrogens (tertiary/aromatic N) is 3. The molecule has 1 aromatic heterocycles. The normalized spacial score (nSPS) is 10.3. The molecule has 0 atom stereocenters. The third-order valence-electron chi connectivity index (χ3n) is 4.29. The summed E-state index contributed by atoms with van der Waals surface area (Å²) < 4.78 is 1.89. The number of carboxylic acid groups (broad SMARTS) is 1. The molecular weight excluding hydrogens is 338 g/mol. The molecule has 1 heterocycles. The minimum absolute atomic E-state index is 0.301. The minimum atomic E-state index is -0.925. The van der Waals surface area contributed by atoms with Crippen LogP contribution in [0.25, 0.3) is 11.1 Å². The molecule has 0 aliphatic heterocycles. The summed E-state index contributed by atoms with van der Waals surface area (Å²) in [7, 11) is 0. The van der Waals surface area contributed by atoms with Crippen molar-refractivity contribution >= 4 is 5.97 Å². The Balaban J connectivity index is 1.86. The maximum Gasteiger partial charge on any atom is 0.336 e. The molecular formula is C22H21N3O2. The number of aryl methyl sites for hydroxylation is 1. The Hall–Kier alpha value is -3.39. The van der Waals surface area contributed by atoms with E-state index >= 15 is 0 Å². The maximum absolute atomic E-state index is 11.4. The van der Waals surface area contributed by atoms with Crippen LogP contribution in [0.1, 0.15) is 41.4 Å². The predicted molar refractivity (Wildman–Crippen MR) is 104 cm³/mol. The second-order valence-electron chi connectivity index (χ2n) is 6.11. The van der Waals surface area contributed by atoms with Gasteiger partial charge in [-0.2, -0.15) is 5.10 Å². The molecule has 3 rings (SSSR count).